The number of nitro groups is 1. The molecule has 0 aromatic heterocycles. The van der Waals surface area contributed by atoms with E-state index in [1.807, 2.05) is 60.7 Å². The highest BCUT2D eigenvalue weighted by atomic mass is 16.6. The number of hydrogen-bond donors (Lipinski definition) is 1. The van der Waals surface area contributed by atoms with Gasteiger partial charge in [0.2, 0.25) is 0 Å². The summed E-state index contributed by atoms with van der Waals surface area (Å²) >= 11 is 0. The van der Waals surface area contributed by atoms with Crippen LogP contribution in [0.25, 0.3) is 6.08 Å². The number of carbonyl (C=O) groups is 2. The van der Waals surface area contributed by atoms with Crippen LogP contribution in [-0.2, 0) is 0 Å². The van der Waals surface area contributed by atoms with Gasteiger partial charge in [-0.25, -0.2) is 9.80 Å². The summed E-state index contributed by atoms with van der Waals surface area (Å²) < 4.78 is 0. The van der Waals surface area contributed by atoms with Gasteiger partial charge in [-0.05, 0) is 48.1 Å². The van der Waals surface area contributed by atoms with E-state index >= 15 is 0 Å². The quantitative estimate of drug-likeness (QED) is 0.369. The van der Waals surface area contributed by atoms with E-state index in [1.165, 1.54) is 17.1 Å². The van der Waals surface area contributed by atoms with Gasteiger partial charge < -0.3 is 5.11 Å². The van der Waals surface area contributed by atoms with Crippen molar-refractivity contribution >= 4 is 29.4 Å². The third kappa shape index (κ3) is 4.17. The summed E-state index contributed by atoms with van der Waals surface area (Å²) in [7, 11) is 0. The fraction of sp³-hybridized carbons (Fsp3) is 0.179. The summed E-state index contributed by atoms with van der Waals surface area (Å²) in [6, 6.07) is 22.6. The van der Waals surface area contributed by atoms with Crippen LogP contribution in [0.2, 0.25) is 0 Å². The van der Waals surface area contributed by atoms with Crippen LogP contribution >= 0.6 is 0 Å². The fourth-order valence-electron chi connectivity index (χ4n) is 5.12. The number of aromatic carboxylic acids is 1. The van der Waals surface area contributed by atoms with E-state index in [9.17, 15) is 24.8 Å². The first-order valence-electron chi connectivity index (χ1n) is 11.7. The molecule has 2 atom stereocenters. The zero-order chi connectivity index (χ0) is 25.2. The minimum atomic E-state index is -1.53. The molecule has 8 heteroatoms. The Hall–Kier alpha value is -4.59. The van der Waals surface area contributed by atoms with Gasteiger partial charge in [-0.2, -0.15) is 5.10 Å². The number of allylic oxidation sites excluding steroid dienone is 1. The van der Waals surface area contributed by atoms with E-state index in [2.05, 4.69) is 6.08 Å². The molecular formula is C28H23N3O5. The van der Waals surface area contributed by atoms with Crippen LogP contribution in [0, 0.1) is 16.0 Å². The Morgan fingerprint density at radius 1 is 1.00 bits per heavy atom. The maximum Gasteiger partial charge on any atom is 0.343 e. The lowest BCUT2D eigenvalue weighted by molar-refractivity contribution is -0.385. The molecule has 1 aliphatic heterocycles. The first-order valence-corrected chi connectivity index (χ1v) is 11.7. The van der Waals surface area contributed by atoms with Gasteiger partial charge in [0.25, 0.3) is 11.6 Å². The van der Waals surface area contributed by atoms with Crippen molar-refractivity contribution in [2.24, 2.45) is 11.0 Å². The Morgan fingerprint density at radius 3 is 2.36 bits per heavy atom. The fourth-order valence-corrected chi connectivity index (χ4v) is 5.12. The number of benzene rings is 3. The molecule has 1 amide bonds. The van der Waals surface area contributed by atoms with Crippen molar-refractivity contribution in [3.05, 3.63) is 117 Å². The molecule has 0 bridgehead atoms. The van der Waals surface area contributed by atoms with Crippen molar-refractivity contribution in [1.29, 1.82) is 0 Å². The molecule has 1 saturated carbocycles. The second-order valence-corrected chi connectivity index (χ2v) is 8.83. The molecule has 36 heavy (non-hydrogen) atoms. The lowest BCUT2D eigenvalue weighted by atomic mass is 9.77. The zero-order valence-electron chi connectivity index (χ0n) is 19.3. The molecule has 0 saturated heterocycles. The number of nitrogens with zero attached hydrogens (tertiary/aromatic N) is 3. The SMILES string of the molecule is O=C(O)c1c(C(=O)N2N=C3/C(=C\c4ccccc4)CCC[C@@H]3[C@H]2c2ccccc2)cccc1[N+](=O)[O-]. The Bertz CT molecular complexity index is 1400. The summed E-state index contributed by atoms with van der Waals surface area (Å²) in [6.07, 6.45) is 4.63. The Balaban J connectivity index is 1.64. The van der Waals surface area contributed by atoms with E-state index in [-0.39, 0.29) is 11.5 Å². The molecule has 1 heterocycles. The average molecular weight is 482 g/mol. The van der Waals surface area contributed by atoms with E-state index in [0.29, 0.717) is 0 Å². The number of carboxylic acid groups (broad SMARTS) is 1. The predicted molar refractivity (Wildman–Crippen MR) is 135 cm³/mol. The summed E-state index contributed by atoms with van der Waals surface area (Å²) in [5.41, 5.74) is 2.23. The van der Waals surface area contributed by atoms with Crippen LogP contribution in [0.5, 0.6) is 0 Å². The van der Waals surface area contributed by atoms with Gasteiger partial charge in [-0.3, -0.25) is 14.9 Å². The highest BCUT2D eigenvalue weighted by Crippen LogP contribution is 2.45. The lowest BCUT2D eigenvalue weighted by Gasteiger charge is -2.29. The summed E-state index contributed by atoms with van der Waals surface area (Å²) in [5.74, 6) is -2.28. The van der Waals surface area contributed by atoms with Gasteiger partial charge >= 0.3 is 5.97 Å². The first-order chi connectivity index (χ1) is 17.5. The lowest BCUT2D eigenvalue weighted by Crippen LogP contribution is -2.32. The molecule has 1 fully saturated rings. The zero-order valence-corrected chi connectivity index (χ0v) is 19.3. The van der Waals surface area contributed by atoms with Gasteiger partial charge in [0, 0.05) is 12.0 Å². The monoisotopic (exact) mass is 481 g/mol. The Kier molecular flexibility index (Phi) is 6.16. The van der Waals surface area contributed by atoms with Crippen molar-refractivity contribution in [2.45, 2.75) is 25.3 Å². The Morgan fingerprint density at radius 2 is 1.69 bits per heavy atom. The molecule has 0 spiro atoms. The van der Waals surface area contributed by atoms with Gasteiger partial charge in [-0.15, -0.1) is 0 Å². The summed E-state index contributed by atoms with van der Waals surface area (Å²) in [4.78, 5) is 36.6. The van der Waals surface area contributed by atoms with Crippen LogP contribution in [-0.4, -0.2) is 32.6 Å². The molecule has 0 unspecified atom stereocenters. The number of rotatable bonds is 5. The number of fused-ring (bicyclic) bond motifs is 1. The molecule has 0 radical (unpaired) electrons. The second-order valence-electron chi connectivity index (χ2n) is 8.83. The van der Waals surface area contributed by atoms with Crippen molar-refractivity contribution in [2.75, 3.05) is 0 Å². The average Bonchev–Trinajstić information content (AvgIpc) is 3.29. The third-order valence-electron chi connectivity index (χ3n) is 6.67. The van der Waals surface area contributed by atoms with E-state index < -0.39 is 34.1 Å². The van der Waals surface area contributed by atoms with Crippen molar-refractivity contribution in [3.8, 4) is 0 Å². The molecule has 180 valence electrons. The summed E-state index contributed by atoms with van der Waals surface area (Å²) in [5, 5.41) is 27.4. The van der Waals surface area contributed by atoms with E-state index in [0.717, 1.165) is 47.7 Å². The maximum atomic E-state index is 13.9. The van der Waals surface area contributed by atoms with Crippen LogP contribution in [0.4, 0.5) is 5.69 Å². The van der Waals surface area contributed by atoms with E-state index in [1.54, 1.807) is 0 Å². The van der Waals surface area contributed by atoms with Crippen LogP contribution in [0.3, 0.4) is 0 Å². The number of nitro benzene ring substituents is 1. The molecule has 2 aliphatic rings. The largest absolute Gasteiger partial charge is 0.477 e. The number of carboxylic acids is 1. The van der Waals surface area contributed by atoms with Crippen molar-refractivity contribution in [3.63, 3.8) is 0 Å². The van der Waals surface area contributed by atoms with Gasteiger partial charge in [-0.1, -0.05) is 66.7 Å². The first kappa shape index (κ1) is 23.2. The van der Waals surface area contributed by atoms with Crippen molar-refractivity contribution in [1.82, 2.24) is 5.01 Å². The predicted octanol–water partition coefficient (Wildman–Crippen LogP) is 5.73. The Labute approximate surface area is 207 Å². The van der Waals surface area contributed by atoms with E-state index in [4.69, 9.17) is 5.10 Å². The standard InChI is InChI=1S/C28H23N3O5/c32-27(21-14-8-16-23(31(35)36)24(21)28(33)34)30-26(19-11-5-2-6-12-19)22-15-7-13-20(25(22)29-30)17-18-9-3-1-4-10-18/h1-6,8-12,14,16-17,22,26H,7,13,15H2,(H,33,34)/b20-17-/t22-,26+/m0/s1. The molecule has 1 aliphatic carbocycles. The molecule has 5 rings (SSSR count). The van der Waals surface area contributed by atoms with Crippen LogP contribution in [0.1, 0.15) is 57.1 Å². The highest BCUT2D eigenvalue weighted by Gasteiger charge is 2.45. The number of hydrazone groups is 1. The second kappa shape index (κ2) is 9.58. The van der Waals surface area contributed by atoms with Gasteiger partial charge in [0.1, 0.15) is 5.56 Å². The van der Waals surface area contributed by atoms with Crippen LogP contribution in [0.15, 0.2) is 89.5 Å². The number of amides is 1. The molecular weight excluding hydrogens is 458 g/mol. The summed E-state index contributed by atoms with van der Waals surface area (Å²) in [6.45, 7) is 0. The maximum absolute atomic E-state index is 13.9. The molecule has 3 aromatic rings. The smallest absolute Gasteiger partial charge is 0.343 e. The molecule has 8 nitrogen and oxygen atoms in total. The highest BCUT2D eigenvalue weighted by molar-refractivity contribution is 6.11. The van der Waals surface area contributed by atoms with Crippen molar-refractivity contribution < 1.29 is 19.6 Å². The van der Waals surface area contributed by atoms with Crippen LogP contribution < -0.4 is 0 Å². The molecule has 3 aromatic carbocycles. The minimum absolute atomic E-state index is 0.0768. The number of hydrogen-bond acceptors (Lipinski definition) is 5. The van der Waals surface area contributed by atoms with Gasteiger partial charge in [0.15, 0.2) is 0 Å². The topological polar surface area (TPSA) is 113 Å². The minimum Gasteiger partial charge on any atom is -0.477 e. The normalized spacial score (nSPS) is 20.1. The van der Waals surface area contributed by atoms with Gasteiger partial charge in [0.05, 0.1) is 22.2 Å². The molecule has 1 N–H and O–H groups in total. The number of carbonyl (C=O) groups excluding carboxylic acids is 1. The third-order valence-corrected chi connectivity index (χ3v) is 6.67.